The van der Waals surface area contributed by atoms with Crippen molar-refractivity contribution in [3.8, 4) is 0 Å². The molecule has 7 heteroatoms. The minimum atomic E-state index is -0.101. The lowest BCUT2D eigenvalue weighted by Crippen LogP contribution is -2.50. The molecule has 0 aliphatic carbocycles. The molecule has 1 amide bonds. The lowest BCUT2D eigenvalue weighted by molar-refractivity contribution is 0.0478. The Balaban J connectivity index is 1.64. The summed E-state index contributed by atoms with van der Waals surface area (Å²) in [7, 11) is 0. The quantitative estimate of drug-likeness (QED) is 0.762. The van der Waals surface area contributed by atoms with Crippen LogP contribution in [0.3, 0.4) is 0 Å². The minimum absolute atomic E-state index is 0.0348. The van der Waals surface area contributed by atoms with Crippen LogP contribution in [0.1, 0.15) is 22.0 Å². The summed E-state index contributed by atoms with van der Waals surface area (Å²) < 4.78 is 0. The van der Waals surface area contributed by atoms with E-state index < -0.39 is 0 Å². The number of aromatic amines is 1. The highest BCUT2D eigenvalue weighted by Crippen LogP contribution is 2.22. The molecule has 0 saturated carbocycles. The van der Waals surface area contributed by atoms with Crippen LogP contribution < -0.4 is 5.73 Å². The second-order valence-electron chi connectivity index (χ2n) is 5.62. The van der Waals surface area contributed by atoms with Gasteiger partial charge in [0.25, 0.3) is 5.91 Å². The number of rotatable bonds is 4. The summed E-state index contributed by atoms with van der Waals surface area (Å²) in [6.45, 7) is 2.69. The molecule has 1 aromatic carbocycles. The van der Waals surface area contributed by atoms with Gasteiger partial charge in [0.05, 0.1) is 12.6 Å². The first-order chi connectivity index (χ1) is 11.2. The number of piperazine rings is 1. The first-order valence-electron chi connectivity index (χ1n) is 7.69. The van der Waals surface area contributed by atoms with Gasteiger partial charge in [-0.15, -0.1) is 0 Å². The number of aliphatic hydroxyl groups excluding tert-OH is 1. The van der Waals surface area contributed by atoms with Gasteiger partial charge in [-0.05, 0) is 5.56 Å². The molecule has 0 spiro atoms. The van der Waals surface area contributed by atoms with Gasteiger partial charge >= 0.3 is 0 Å². The molecule has 2 aromatic rings. The van der Waals surface area contributed by atoms with Gasteiger partial charge in [-0.1, -0.05) is 30.3 Å². The molecule has 1 aromatic heterocycles. The highest BCUT2D eigenvalue weighted by atomic mass is 16.3. The van der Waals surface area contributed by atoms with E-state index in [9.17, 15) is 9.90 Å². The molecular weight excluding hydrogens is 294 g/mol. The van der Waals surface area contributed by atoms with Crippen LogP contribution in [0.4, 0.5) is 5.82 Å². The average molecular weight is 315 g/mol. The molecule has 0 bridgehead atoms. The number of anilines is 1. The normalized spacial score (nSPS) is 17.2. The smallest absolute Gasteiger partial charge is 0.259 e. The lowest BCUT2D eigenvalue weighted by Gasteiger charge is -2.38. The number of nitrogens with two attached hydrogens (primary N) is 1. The predicted octanol–water partition coefficient (Wildman–Crippen LogP) is 0.483. The fraction of sp³-hybridized carbons (Fsp3) is 0.375. The first kappa shape index (κ1) is 15.5. The number of aromatic nitrogens is 2. The van der Waals surface area contributed by atoms with E-state index in [1.54, 1.807) is 4.90 Å². The van der Waals surface area contributed by atoms with Gasteiger partial charge in [-0.2, -0.15) is 5.10 Å². The molecule has 1 atom stereocenters. The summed E-state index contributed by atoms with van der Waals surface area (Å²) in [4.78, 5) is 16.4. The van der Waals surface area contributed by atoms with Crippen LogP contribution in [-0.4, -0.2) is 63.8 Å². The van der Waals surface area contributed by atoms with Crippen LogP contribution in [0, 0.1) is 0 Å². The molecule has 1 saturated heterocycles. The number of nitrogens with zero attached hydrogens (tertiary/aromatic N) is 3. The van der Waals surface area contributed by atoms with Gasteiger partial charge in [0.15, 0.2) is 5.82 Å². The zero-order chi connectivity index (χ0) is 16.2. The summed E-state index contributed by atoms with van der Waals surface area (Å²) >= 11 is 0. The monoisotopic (exact) mass is 315 g/mol. The third kappa shape index (κ3) is 3.20. The summed E-state index contributed by atoms with van der Waals surface area (Å²) in [6, 6.07) is 9.91. The maximum Gasteiger partial charge on any atom is 0.259 e. The fourth-order valence-electron chi connectivity index (χ4n) is 2.99. The number of carbonyl (C=O) groups is 1. The molecular formula is C16H21N5O2. The molecule has 2 heterocycles. The van der Waals surface area contributed by atoms with Crippen LogP contribution in [0.15, 0.2) is 36.5 Å². The molecule has 0 radical (unpaired) electrons. The third-order valence-corrected chi connectivity index (χ3v) is 4.30. The van der Waals surface area contributed by atoms with E-state index in [0.717, 1.165) is 5.56 Å². The zero-order valence-corrected chi connectivity index (χ0v) is 12.9. The van der Waals surface area contributed by atoms with E-state index in [1.807, 2.05) is 30.3 Å². The summed E-state index contributed by atoms with van der Waals surface area (Å²) in [5, 5.41) is 16.1. The van der Waals surface area contributed by atoms with Gasteiger partial charge in [-0.25, -0.2) is 0 Å². The Morgan fingerprint density at radius 2 is 1.96 bits per heavy atom. The van der Waals surface area contributed by atoms with Crippen molar-refractivity contribution >= 4 is 11.7 Å². The van der Waals surface area contributed by atoms with Crippen molar-refractivity contribution in [3.63, 3.8) is 0 Å². The number of nitrogens with one attached hydrogen (secondary N) is 1. The van der Waals surface area contributed by atoms with Gasteiger partial charge in [0, 0.05) is 32.4 Å². The Kier molecular flexibility index (Phi) is 4.59. The molecule has 1 fully saturated rings. The Hall–Kier alpha value is -2.38. The molecule has 0 unspecified atom stereocenters. The maximum absolute atomic E-state index is 12.4. The number of H-pyrrole nitrogens is 1. The maximum atomic E-state index is 12.4. The van der Waals surface area contributed by atoms with Crippen LogP contribution in [0.2, 0.25) is 0 Å². The number of benzene rings is 1. The van der Waals surface area contributed by atoms with Crippen LogP contribution in [0.25, 0.3) is 0 Å². The van der Waals surface area contributed by atoms with Crippen molar-refractivity contribution < 1.29 is 9.90 Å². The second kappa shape index (κ2) is 6.80. The predicted molar refractivity (Wildman–Crippen MR) is 86.7 cm³/mol. The van der Waals surface area contributed by atoms with E-state index in [4.69, 9.17) is 5.73 Å². The Bertz CT molecular complexity index is 650. The Morgan fingerprint density at radius 3 is 2.52 bits per heavy atom. The topological polar surface area (TPSA) is 98.5 Å². The minimum Gasteiger partial charge on any atom is -0.394 e. The molecule has 1 aliphatic rings. The van der Waals surface area contributed by atoms with Crippen molar-refractivity contribution in [2.45, 2.75) is 6.04 Å². The molecule has 122 valence electrons. The lowest BCUT2D eigenvalue weighted by atomic mass is 10.1. The standard InChI is InChI=1S/C16H21N5O2/c17-15-13(10-18-19-15)16(23)21-8-6-20(7-9-21)14(11-22)12-4-2-1-3-5-12/h1-5,10,14,22H,6-9,11H2,(H3,17,18,19)/t14-/m0/s1. The highest BCUT2D eigenvalue weighted by molar-refractivity contribution is 5.98. The number of amides is 1. The Morgan fingerprint density at radius 1 is 1.26 bits per heavy atom. The fourth-order valence-corrected chi connectivity index (χ4v) is 2.99. The van der Waals surface area contributed by atoms with Crippen molar-refractivity contribution in [2.75, 3.05) is 38.5 Å². The summed E-state index contributed by atoms with van der Waals surface area (Å²) in [5.41, 5.74) is 7.20. The average Bonchev–Trinajstić information content (AvgIpc) is 3.02. The molecule has 23 heavy (non-hydrogen) atoms. The van der Waals surface area contributed by atoms with Crippen molar-refractivity contribution in [1.29, 1.82) is 0 Å². The van der Waals surface area contributed by atoms with E-state index >= 15 is 0 Å². The largest absolute Gasteiger partial charge is 0.394 e. The van der Waals surface area contributed by atoms with Gasteiger partial charge < -0.3 is 15.7 Å². The third-order valence-electron chi connectivity index (χ3n) is 4.30. The van der Waals surface area contributed by atoms with Crippen molar-refractivity contribution in [1.82, 2.24) is 20.0 Å². The number of carbonyl (C=O) groups excluding carboxylic acids is 1. The molecule has 1 aliphatic heterocycles. The van der Waals surface area contributed by atoms with Gasteiger partial charge in [0.2, 0.25) is 0 Å². The van der Waals surface area contributed by atoms with E-state index in [0.29, 0.717) is 31.7 Å². The van der Waals surface area contributed by atoms with Crippen LogP contribution in [-0.2, 0) is 0 Å². The zero-order valence-electron chi connectivity index (χ0n) is 12.9. The number of nitrogen functional groups attached to an aromatic ring is 1. The van der Waals surface area contributed by atoms with E-state index in [2.05, 4.69) is 15.1 Å². The van der Waals surface area contributed by atoms with Gasteiger partial charge in [-0.3, -0.25) is 14.8 Å². The second-order valence-corrected chi connectivity index (χ2v) is 5.62. The first-order valence-corrected chi connectivity index (χ1v) is 7.69. The van der Waals surface area contributed by atoms with Crippen molar-refractivity contribution in [2.24, 2.45) is 0 Å². The van der Waals surface area contributed by atoms with E-state index in [1.165, 1.54) is 6.20 Å². The van der Waals surface area contributed by atoms with Gasteiger partial charge in [0.1, 0.15) is 5.56 Å². The molecule has 3 rings (SSSR count). The molecule has 4 N–H and O–H groups in total. The number of aliphatic hydroxyl groups is 1. The Labute approximate surface area is 134 Å². The summed E-state index contributed by atoms with van der Waals surface area (Å²) in [6.07, 6.45) is 1.53. The number of hydrogen-bond acceptors (Lipinski definition) is 5. The summed E-state index contributed by atoms with van der Waals surface area (Å²) in [5.74, 6) is 0.131. The SMILES string of the molecule is Nc1n[nH]cc1C(=O)N1CCN([C@@H](CO)c2ccccc2)CC1. The highest BCUT2D eigenvalue weighted by Gasteiger charge is 2.28. The van der Waals surface area contributed by atoms with Crippen molar-refractivity contribution in [3.05, 3.63) is 47.7 Å². The van der Waals surface area contributed by atoms with Crippen LogP contribution >= 0.6 is 0 Å². The number of hydrogen-bond donors (Lipinski definition) is 3. The van der Waals surface area contributed by atoms with Crippen LogP contribution in [0.5, 0.6) is 0 Å². The van der Waals surface area contributed by atoms with E-state index in [-0.39, 0.29) is 24.4 Å². The molecule has 7 nitrogen and oxygen atoms in total.